The number of carbonyl (C=O) groups is 1. The van der Waals surface area contributed by atoms with Crippen LogP contribution >= 0.6 is 0 Å². The summed E-state index contributed by atoms with van der Waals surface area (Å²) in [7, 11) is 0. The van der Waals surface area contributed by atoms with Crippen molar-refractivity contribution in [3.05, 3.63) is 22.7 Å². The van der Waals surface area contributed by atoms with Crippen LogP contribution in [0.15, 0.2) is 17.1 Å². The molecule has 1 aliphatic rings. The Balaban J connectivity index is 0.00000288. The highest BCUT2D eigenvalue weighted by molar-refractivity contribution is 5.89. The summed E-state index contributed by atoms with van der Waals surface area (Å²) in [6.07, 6.45) is -3.19. The summed E-state index contributed by atoms with van der Waals surface area (Å²) in [4.78, 5) is 27.4. The molecule has 0 aliphatic carbocycles. The predicted molar refractivity (Wildman–Crippen MR) is 86.3 cm³/mol. The average molecular weight is 343 g/mol. The second-order valence-electron chi connectivity index (χ2n) is 5.88. The average Bonchev–Trinajstić information content (AvgIpc) is 2.74. The van der Waals surface area contributed by atoms with Crippen LogP contribution in [0.4, 0.5) is 5.82 Å². The lowest BCUT2D eigenvalue weighted by Crippen LogP contribution is -2.36. The first-order valence-electron chi connectivity index (χ1n) is 7.35. The van der Waals surface area contributed by atoms with Gasteiger partial charge in [0, 0.05) is 12.6 Å². The lowest BCUT2D eigenvalue weighted by atomic mass is 10.1. The van der Waals surface area contributed by atoms with Crippen molar-refractivity contribution in [3.8, 4) is 0 Å². The first-order valence-corrected chi connectivity index (χ1v) is 7.35. The van der Waals surface area contributed by atoms with Gasteiger partial charge in [-0.3, -0.25) is 9.36 Å². The van der Waals surface area contributed by atoms with Crippen LogP contribution in [0.5, 0.6) is 0 Å². The summed E-state index contributed by atoms with van der Waals surface area (Å²) in [5, 5.41) is 31.2. The number of amides is 1. The molecule has 4 atom stereocenters. The van der Waals surface area contributed by atoms with Gasteiger partial charge >= 0.3 is 5.69 Å². The Morgan fingerprint density at radius 1 is 1.42 bits per heavy atom. The van der Waals surface area contributed by atoms with E-state index in [4.69, 9.17) is 9.84 Å². The van der Waals surface area contributed by atoms with Crippen molar-refractivity contribution in [2.75, 3.05) is 11.9 Å². The minimum atomic E-state index is -1.37. The first kappa shape index (κ1) is 20.2. The maximum atomic E-state index is 12.0. The van der Waals surface area contributed by atoms with E-state index < -0.39 is 36.8 Å². The first-order chi connectivity index (χ1) is 10.8. The van der Waals surface area contributed by atoms with E-state index in [1.54, 1.807) is 0 Å². The molecule has 4 N–H and O–H groups in total. The third-order valence-electron chi connectivity index (χ3n) is 3.48. The summed E-state index contributed by atoms with van der Waals surface area (Å²) in [6.45, 7) is 3.31. The van der Waals surface area contributed by atoms with E-state index in [1.165, 1.54) is 12.3 Å². The normalized spacial score (nSPS) is 26.2. The van der Waals surface area contributed by atoms with Crippen molar-refractivity contribution in [1.29, 1.82) is 0 Å². The van der Waals surface area contributed by atoms with E-state index >= 15 is 0 Å². The molecule has 0 aromatic carbocycles. The van der Waals surface area contributed by atoms with Crippen molar-refractivity contribution < 1.29 is 24.9 Å². The molecule has 2 heterocycles. The molecule has 0 saturated carbocycles. The molecule has 1 fully saturated rings. The molecular formula is C15H25N3O6. The fraction of sp³-hybridized carbons (Fsp3) is 0.667. The minimum absolute atomic E-state index is 0. The zero-order valence-corrected chi connectivity index (χ0v) is 12.9. The van der Waals surface area contributed by atoms with Crippen LogP contribution < -0.4 is 11.0 Å². The Bertz CT molecular complexity index is 617. The molecule has 0 spiro atoms. The highest BCUT2D eigenvalue weighted by Gasteiger charge is 2.43. The molecule has 1 saturated heterocycles. The molecule has 0 radical (unpaired) electrons. The maximum Gasteiger partial charge on any atom is 0.351 e. The van der Waals surface area contributed by atoms with Gasteiger partial charge in [-0.1, -0.05) is 21.3 Å². The van der Waals surface area contributed by atoms with E-state index in [0.29, 0.717) is 6.42 Å². The summed E-state index contributed by atoms with van der Waals surface area (Å²) in [5.74, 6) is 0.0236. The van der Waals surface area contributed by atoms with E-state index in [-0.39, 0.29) is 25.1 Å². The molecule has 9 heteroatoms. The Morgan fingerprint density at radius 2 is 2.08 bits per heavy atom. The van der Waals surface area contributed by atoms with Gasteiger partial charge in [0.25, 0.3) is 0 Å². The van der Waals surface area contributed by atoms with Crippen LogP contribution in [0.2, 0.25) is 0 Å². The fourth-order valence-corrected chi connectivity index (χ4v) is 2.35. The molecule has 9 nitrogen and oxygen atoms in total. The zero-order valence-electron chi connectivity index (χ0n) is 12.9. The zero-order chi connectivity index (χ0) is 17.1. The smallest absolute Gasteiger partial charge is 0.351 e. The maximum absolute atomic E-state index is 12.0. The Kier molecular flexibility index (Phi) is 7.03. The van der Waals surface area contributed by atoms with Crippen molar-refractivity contribution >= 4 is 11.7 Å². The van der Waals surface area contributed by atoms with Gasteiger partial charge in [-0.05, 0) is 12.0 Å². The number of nitrogens with one attached hydrogen (secondary N) is 1. The highest BCUT2D eigenvalue weighted by Crippen LogP contribution is 2.28. The molecule has 24 heavy (non-hydrogen) atoms. The quantitative estimate of drug-likeness (QED) is 0.565. The number of carbonyl (C=O) groups excluding carboxylic acids is 1. The second kappa shape index (κ2) is 8.34. The van der Waals surface area contributed by atoms with Gasteiger partial charge < -0.3 is 25.4 Å². The molecule has 0 bridgehead atoms. The van der Waals surface area contributed by atoms with Crippen LogP contribution in [0.1, 0.15) is 33.9 Å². The lowest BCUT2D eigenvalue weighted by Gasteiger charge is -2.17. The summed E-state index contributed by atoms with van der Waals surface area (Å²) >= 11 is 0. The molecule has 1 aromatic heterocycles. The fourth-order valence-electron chi connectivity index (χ4n) is 2.35. The van der Waals surface area contributed by atoms with Crippen molar-refractivity contribution in [2.24, 2.45) is 5.92 Å². The van der Waals surface area contributed by atoms with Gasteiger partial charge in [0.15, 0.2) is 6.23 Å². The number of rotatable bonds is 5. The Morgan fingerprint density at radius 3 is 2.58 bits per heavy atom. The van der Waals surface area contributed by atoms with Crippen LogP contribution in [0.25, 0.3) is 0 Å². The number of anilines is 1. The second-order valence-corrected chi connectivity index (χ2v) is 5.88. The van der Waals surface area contributed by atoms with Crippen LogP contribution in [0, 0.1) is 5.92 Å². The van der Waals surface area contributed by atoms with Gasteiger partial charge in [0.1, 0.15) is 24.1 Å². The third kappa shape index (κ3) is 4.38. The monoisotopic (exact) mass is 343 g/mol. The van der Waals surface area contributed by atoms with Gasteiger partial charge in [-0.15, -0.1) is 0 Å². The highest BCUT2D eigenvalue weighted by atomic mass is 16.6. The number of nitrogens with zero attached hydrogens (tertiary/aromatic N) is 2. The SMILES string of the molecule is C.CC(C)CC(=O)Nc1ccn([C@@H]2O[C@H](CO)[C@H](O)C2O)c(=O)n1. The number of aromatic nitrogens is 2. The van der Waals surface area contributed by atoms with Gasteiger partial charge in [0.2, 0.25) is 5.91 Å². The van der Waals surface area contributed by atoms with E-state index in [9.17, 15) is 19.8 Å². The molecule has 1 aromatic rings. The van der Waals surface area contributed by atoms with Crippen LogP contribution in [-0.2, 0) is 9.53 Å². The summed E-state index contributed by atoms with van der Waals surface area (Å²) < 4.78 is 6.26. The third-order valence-corrected chi connectivity index (χ3v) is 3.48. The predicted octanol–water partition coefficient (Wildman–Crippen LogP) is -0.525. The van der Waals surface area contributed by atoms with Crippen LogP contribution in [0.3, 0.4) is 0 Å². The topological polar surface area (TPSA) is 134 Å². The molecular weight excluding hydrogens is 318 g/mol. The van der Waals surface area contributed by atoms with E-state index in [0.717, 1.165) is 4.57 Å². The Hall–Kier alpha value is -1.81. The molecule has 1 aliphatic heterocycles. The van der Waals surface area contributed by atoms with E-state index in [1.807, 2.05) is 13.8 Å². The van der Waals surface area contributed by atoms with Gasteiger partial charge in [-0.25, -0.2) is 4.79 Å². The van der Waals surface area contributed by atoms with Crippen molar-refractivity contribution in [1.82, 2.24) is 9.55 Å². The number of aliphatic hydroxyl groups excluding tert-OH is 3. The Labute approximate surface area is 139 Å². The standard InChI is InChI=1S/C14H21N3O6.CH4/c1-7(2)5-10(19)15-9-3-4-17(14(22)16-9)13-12(21)11(20)8(6-18)23-13;/h3-4,7-8,11-13,18,20-21H,5-6H2,1-2H3,(H,15,16,19,22);1H4/t8-,11+,12?,13-;/m1./s1. The van der Waals surface area contributed by atoms with Gasteiger partial charge in [-0.2, -0.15) is 4.98 Å². The summed E-state index contributed by atoms with van der Waals surface area (Å²) in [6, 6.07) is 1.40. The summed E-state index contributed by atoms with van der Waals surface area (Å²) in [5.41, 5.74) is -0.748. The van der Waals surface area contributed by atoms with E-state index in [2.05, 4.69) is 10.3 Å². The van der Waals surface area contributed by atoms with Crippen molar-refractivity contribution in [2.45, 2.75) is 52.2 Å². The number of ether oxygens (including phenoxy) is 1. The molecule has 1 amide bonds. The number of hydrogen-bond donors (Lipinski definition) is 4. The number of hydrogen-bond acceptors (Lipinski definition) is 7. The van der Waals surface area contributed by atoms with Crippen LogP contribution in [-0.4, -0.2) is 55.7 Å². The molecule has 1 unspecified atom stereocenters. The lowest BCUT2D eigenvalue weighted by molar-refractivity contribution is -0.116. The number of aliphatic hydroxyl groups is 3. The van der Waals surface area contributed by atoms with Gasteiger partial charge in [0.05, 0.1) is 6.61 Å². The molecule has 136 valence electrons. The minimum Gasteiger partial charge on any atom is -0.394 e. The van der Waals surface area contributed by atoms with Crippen molar-refractivity contribution in [3.63, 3.8) is 0 Å². The largest absolute Gasteiger partial charge is 0.394 e. The molecule has 2 rings (SSSR count).